The maximum atomic E-state index is 9.51. The predicted molar refractivity (Wildman–Crippen MR) is 136 cm³/mol. The molecule has 1 aromatic heterocycles. The number of hydrogen-bond donors (Lipinski definition) is 2. The van der Waals surface area contributed by atoms with Crippen molar-refractivity contribution in [2.75, 3.05) is 11.9 Å². The molecule has 0 aliphatic carbocycles. The van der Waals surface area contributed by atoms with Gasteiger partial charge in [-0.15, -0.1) is 0 Å². The Labute approximate surface area is 196 Å². The van der Waals surface area contributed by atoms with Gasteiger partial charge in [0.15, 0.2) is 0 Å². The number of anilines is 1. The number of benzene rings is 3. The Bertz CT molecular complexity index is 1170. The summed E-state index contributed by atoms with van der Waals surface area (Å²) < 4.78 is 0. The Morgan fingerprint density at radius 3 is 2.18 bits per heavy atom. The zero-order chi connectivity index (χ0) is 23.0. The van der Waals surface area contributed by atoms with E-state index in [9.17, 15) is 5.11 Å². The van der Waals surface area contributed by atoms with Gasteiger partial charge in [-0.2, -0.15) is 0 Å². The lowest BCUT2D eigenvalue weighted by Gasteiger charge is -2.12. The Morgan fingerprint density at radius 2 is 1.48 bits per heavy atom. The highest BCUT2D eigenvalue weighted by molar-refractivity contribution is 5.79. The second-order valence-corrected chi connectivity index (χ2v) is 8.39. The van der Waals surface area contributed by atoms with E-state index in [4.69, 9.17) is 0 Å². The van der Waals surface area contributed by atoms with E-state index in [0.29, 0.717) is 6.42 Å². The molecule has 0 spiro atoms. The molecule has 1 heterocycles. The third-order valence-electron chi connectivity index (χ3n) is 5.81. The summed E-state index contributed by atoms with van der Waals surface area (Å²) in [5.41, 5.74) is 8.85. The van der Waals surface area contributed by atoms with Gasteiger partial charge in [-0.3, -0.25) is 9.97 Å². The minimum Gasteiger partial charge on any atom is -0.393 e. The first-order valence-corrected chi connectivity index (χ1v) is 11.6. The van der Waals surface area contributed by atoms with Gasteiger partial charge in [-0.1, -0.05) is 67.6 Å². The molecule has 33 heavy (non-hydrogen) atoms. The Hall–Kier alpha value is -3.50. The van der Waals surface area contributed by atoms with Crippen LogP contribution in [-0.4, -0.2) is 27.7 Å². The molecule has 0 aliphatic heterocycles. The van der Waals surface area contributed by atoms with E-state index in [2.05, 4.69) is 95.0 Å². The van der Waals surface area contributed by atoms with Crippen molar-refractivity contribution >= 4 is 5.69 Å². The van der Waals surface area contributed by atoms with Crippen LogP contribution >= 0.6 is 0 Å². The highest BCUT2D eigenvalue weighted by Crippen LogP contribution is 2.31. The van der Waals surface area contributed by atoms with Crippen molar-refractivity contribution in [2.45, 2.75) is 39.2 Å². The van der Waals surface area contributed by atoms with Gasteiger partial charge in [0.05, 0.1) is 17.5 Å². The molecule has 0 radical (unpaired) electrons. The molecule has 1 atom stereocenters. The van der Waals surface area contributed by atoms with E-state index < -0.39 is 0 Å². The van der Waals surface area contributed by atoms with E-state index >= 15 is 0 Å². The van der Waals surface area contributed by atoms with Gasteiger partial charge >= 0.3 is 0 Å². The summed E-state index contributed by atoms with van der Waals surface area (Å²) in [5, 5.41) is 13.0. The van der Waals surface area contributed by atoms with Crippen LogP contribution in [0.5, 0.6) is 0 Å². The average Bonchev–Trinajstić information content (AvgIpc) is 2.85. The third-order valence-corrected chi connectivity index (χ3v) is 5.81. The number of aryl methyl sites for hydroxylation is 1. The molecule has 0 saturated heterocycles. The normalized spacial score (nSPS) is 11.8. The molecule has 0 amide bonds. The number of aliphatic hydroxyl groups is 1. The minimum absolute atomic E-state index is 0.306. The summed E-state index contributed by atoms with van der Waals surface area (Å²) >= 11 is 0. The molecule has 2 N–H and O–H groups in total. The molecule has 0 aliphatic rings. The van der Waals surface area contributed by atoms with Crippen LogP contribution in [0.15, 0.2) is 85.2 Å². The molecule has 0 saturated carbocycles. The molecule has 4 aromatic rings. The Kier molecular flexibility index (Phi) is 7.48. The maximum Gasteiger partial charge on any atom is 0.0967 e. The van der Waals surface area contributed by atoms with Crippen LogP contribution in [-0.2, 0) is 19.3 Å². The van der Waals surface area contributed by atoms with E-state index in [1.54, 1.807) is 12.4 Å². The summed E-state index contributed by atoms with van der Waals surface area (Å²) in [4.78, 5) is 9.33. The number of nitrogens with zero attached hydrogens (tertiary/aromatic N) is 2. The first-order valence-electron chi connectivity index (χ1n) is 11.6. The molecule has 3 aromatic carbocycles. The summed E-state index contributed by atoms with van der Waals surface area (Å²) in [6.45, 7) is 4.84. The van der Waals surface area contributed by atoms with Crippen LogP contribution in [0.1, 0.15) is 30.5 Å². The molecule has 0 bridgehead atoms. The van der Waals surface area contributed by atoms with Gasteiger partial charge in [0.2, 0.25) is 0 Å². The van der Waals surface area contributed by atoms with Crippen molar-refractivity contribution in [3.05, 3.63) is 102 Å². The van der Waals surface area contributed by atoms with Gasteiger partial charge in [0.1, 0.15) is 0 Å². The molecule has 0 fully saturated rings. The van der Waals surface area contributed by atoms with E-state index in [0.717, 1.165) is 47.6 Å². The fraction of sp³-hybridized carbons (Fsp3) is 0.241. The van der Waals surface area contributed by atoms with Crippen molar-refractivity contribution < 1.29 is 5.11 Å². The van der Waals surface area contributed by atoms with E-state index in [1.165, 1.54) is 16.7 Å². The van der Waals surface area contributed by atoms with Crippen LogP contribution in [0, 0.1) is 0 Å². The summed E-state index contributed by atoms with van der Waals surface area (Å²) in [6.07, 6.45) is 5.81. The average molecular weight is 438 g/mol. The molecular formula is C29H31N3O. The minimum atomic E-state index is -0.306. The second-order valence-electron chi connectivity index (χ2n) is 8.39. The topological polar surface area (TPSA) is 58.0 Å². The Morgan fingerprint density at radius 1 is 0.818 bits per heavy atom. The monoisotopic (exact) mass is 437 g/mol. The molecule has 4 nitrogen and oxygen atoms in total. The number of aliphatic hydroxyl groups excluding tert-OH is 1. The molecule has 1 unspecified atom stereocenters. The smallest absolute Gasteiger partial charge is 0.0967 e. The largest absolute Gasteiger partial charge is 0.393 e. The molecule has 4 rings (SSSR count). The first kappa shape index (κ1) is 22.7. The zero-order valence-corrected chi connectivity index (χ0v) is 19.3. The van der Waals surface area contributed by atoms with Crippen LogP contribution in [0.2, 0.25) is 0 Å². The molecular weight excluding hydrogens is 406 g/mol. The second kappa shape index (κ2) is 10.9. The van der Waals surface area contributed by atoms with Gasteiger partial charge in [0, 0.05) is 35.8 Å². The fourth-order valence-electron chi connectivity index (χ4n) is 4.09. The van der Waals surface area contributed by atoms with Crippen LogP contribution < -0.4 is 5.32 Å². The number of nitrogens with one attached hydrogen (secondary N) is 1. The predicted octanol–water partition coefficient (Wildman–Crippen LogP) is 5.95. The number of hydrogen-bond acceptors (Lipinski definition) is 4. The van der Waals surface area contributed by atoms with Crippen LogP contribution in [0.3, 0.4) is 0 Å². The maximum absolute atomic E-state index is 9.51. The lowest BCUT2D eigenvalue weighted by atomic mass is 9.98. The van der Waals surface area contributed by atoms with Crippen LogP contribution in [0.25, 0.3) is 22.5 Å². The number of rotatable bonds is 9. The summed E-state index contributed by atoms with van der Waals surface area (Å²) in [6, 6.07) is 25.3. The lowest BCUT2D eigenvalue weighted by Crippen LogP contribution is -2.06. The van der Waals surface area contributed by atoms with Crippen molar-refractivity contribution in [1.82, 2.24) is 9.97 Å². The number of aromatic nitrogens is 2. The Balaban J connectivity index is 1.42. The quantitative estimate of drug-likeness (QED) is 0.340. The highest BCUT2D eigenvalue weighted by atomic mass is 16.3. The van der Waals surface area contributed by atoms with Gasteiger partial charge in [-0.25, -0.2) is 0 Å². The standard InChI is InChI=1S/C29H31N3O/c1-3-24-6-4-5-7-27(24)29-28(31-18-19-32-29)25-12-14-26(15-13-25)30-17-16-22-8-10-23(11-9-22)20-21(2)33/h4-15,18-19,21,30,33H,3,16-17,20H2,1-2H3. The van der Waals surface area contributed by atoms with Crippen molar-refractivity contribution in [1.29, 1.82) is 0 Å². The van der Waals surface area contributed by atoms with Crippen molar-refractivity contribution in [2.24, 2.45) is 0 Å². The van der Waals surface area contributed by atoms with Crippen LogP contribution in [0.4, 0.5) is 5.69 Å². The van der Waals surface area contributed by atoms with Crippen molar-refractivity contribution in [3.63, 3.8) is 0 Å². The van der Waals surface area contributed by atoms with E-state index in [-0.39, 0.29) is 6.10 Å². The fourth-order valence-corrected chi connectivity index (χ4v) is 4.09. The van der Waals surface area contributed by atoms with Crippen molar-refractivity contribution in [3.8, 4) is 22.5 Å². The van der Waals surface area contributed by atoms with Gasteiger partial charge < -0.3 is 10.4 Å². The highest BCUT2D eigenvalue weighted by Gasteiger charge is 2.12. The van der Waals surface area contributed by atoms with E-state index in [1.807, 2.05) is 6.92 Å². The lowest BCUT2D eigenvalue weighted by molar-refractivity contribution is 0.195. The van der Waals surface area contributed by atoms with Gasteiger partial charge in [-0.05, 0) is 55.0 Å². The first-order chi connectivity index (χ1) is 16.1. The molecule has 4 heteroatoms. The zero-order valence-electron chi connectivity index (χ0n) is 19.3. The SMILES string of the molecule is CCc1ccccc1-c1nccnc1-c1ccc(NCCc2ccc(CC(C)O)cc2)cc1. The summed E-state index contributed by atoms with van der Waals surface area (Å²) in [5.74, 6) is 0. The summed E-state index contributed by atoms with van der Waals surface area (Å²) in [7, 11) is 0. The van der Waals surface area contributed by atoms with Gasteiger partial charge in [0.25, 0.3) is 0 Å². The third kappa shape index (κ3) is 5.85. The molecule has 168 valence electrons.